The van der Waals surface area contributed by atoms with Crippen LogP contribution >= 0.6 is 0 Å². The van der Waals surface area contributed by atoms with Gasteiger partial charge in [-0.25, -0.2) is 0 Å². The molecule has 9 aliphatic carbocycles. The molecule has 0 spiro atoms. The molecule has 8 aromatic carbocycles. The molecule has 0 amide bonds. The number of anilines is 3. The summed E-state index contributed by atoms with van der Waals surface area (Å²) < 4.78 is 2.94. The van der Waals surface area contributed by atoms with Crippen molar-refractivity contribution in [2.45, 2.75) is 153 Å². The molecule has 0 radical (unpaired) electrons. The van der Waals surface area contributed by atoms with Crippen LogP contribution in [0.5, 0.6) is 0 Å². The molecule has 79 heavy (non-hydrogen) atoms. The van der Waals surface area contributed by atoms with Gasteiger partial charge in [0.15, 0.2) is 0 Å². The molecule has 11 aliphatic rings. The molecule has 3 heterocycles. The normalized spacial score (nSPS) is 28.6. The fourth-order valence-electron chi connectivity index (χ4n) is 21.1. The van der Waals surface area contributed by atoms with Crippen LogP contribution in [0, 0.1) is 35.5 Å². The van der Waals surface area contributed by atoms with E-state index in [1.54, 1.807) is 11.1 Å². The van der Waals surface area contributed by atoms with E-state index in [1.165, 1.54) is 188 Å². The Morgan fingerprint density at radius 2 is 1.03 bits per heavy atom. The molecule has 8 fully saturated rings. The van der Waals surface area contributed by atoms with Gasteiger partial charge >= 0.3 is 6.85 Å². The van der Waals surface area contributed by atoms with E-state index in [4.69, 9.17) is 0 Å². The van der Waals surface area contributed by atoms with Crippen LogP contribution in [0.4, 0.5) is 17.1 Å². The highest BCUT2D eigenvalue weighted by molar-refractivity contribution is 6.90. The van der Waals surface area contributed by atoms with Gasteiger partial charge in [0, 0.05) is 54.8 Å². The van der Waals surface area contributed by atoms with E-state index in [2.05, 4.69) is 203 Å². The highest BCUT2D eigenvalue weighted by Crippen LogP contribution is 2.64. The molecule has 0 N–H and O–H groups in total. The molecule has 3 heteroatoms. The van der Waals surface area contributed by atoms with Gasteiger partial charge in [-0.1, -0.05) is 146 Å². The Kier molecular flexibility index (Phi) is 9.03. The number of rotatable bonds is 4. The Morgan fingerprint density at radius 3 is 1.66 bits per heavy atom. The maximum atomic E-state index is 2.94. The first kappa shape index (κ1) is 46.4. The number of fused-ring (bicyclic) bond motifs is 11. The van der Waals surface area contributed by atoms with Crippen molar-refractivity contribution in [1.29, 1.82) is 0 Å². The minimum atomic E-state index is -0.224. The minimum Gasteiger partial charge on any atom is -0.375 e. The zero-order valence-corrected chi connectivity index (χ0v) is 47.8. The van der Waals surface area contributed by atoms with E-state index in [1.807, 2.05) is 0 Å². The Labute approximate surface area is 469 Å². The van der Waals surface area contributed by atoms with Crippen molar-refractivity contribution < 1.29 is 0 Å². The lowest BCUT2D eigenvalue weighted by Gasteiger charge is -2.57. The summed E-state index contributed by atoms with van der Waals surface area (Å²) in [6, 6.07) is 59.6. The summed E-state index contributed by atoms with van der Waals surface area (Å²) in [4.78, 5) is 2.80. The topological polar surface area (TPSA) is 8.17 Å². The van der Waals surface area contributed by atoms with E-state index < -0.39 is 0 Å². The zero-order valence-electron chi connectivity index (χ0n) is 47.8. The first-order chi connectivity index (χ1) is 38.1. The number of hydrogen-bond donors (Lipinski definition) is 0. The molecule has 392 valence electrons. The quantitative estimate of drug-likeness (QED) is 0.160. The molecule has 0 saturated heterocycles. The SMILES string of the molecule is CC(C)(C)c1ccc(N2c3cc4c(cc3B3c5c(cc6ccccc6c52)-c2cc(C56CC7CC(CC(C7)C5)C6)cc5c6cc(C78CC9CC(CC(C9)C7)C8)ccc6n3c25)C(C)(C)c2ccccc2C4(C)C)c(-c2ccccc2)c1. The number of hydrogen-bond acceptors (Lipinski definition) is 1. The largest absolute Gasteiger partial charge is 0.375 e. The predicted octanol–water partition coefficient (Wildman–Crippen LogP) is 18.2. The van der Waals surface area contributed by atoms with E-state index in [9.17, 15) is 0 Å². The number of aromatic nitrogens is 1. The number of benzene rings is 8. The van der Waals surface area contributed by atoms with Gasteiger partial charge in [0.1, 0.15) is 0 Å². The lowest BCUT2D eigenvalue weighted by atomic mass is 9.43. The molecule has 0 unspecified atom stereocenters. The van der Waals surface area contributed by atoms with Crippen LogP contribution in [0.3, 0.4) is 0 Å². The van der Waals surface area contributed by atoms with Gasteiger partial charge in [-0.3, -0.25) is 0 Å². The minimum absolute atomic E-state index is 0.0256. The van der Waals surface area contributed by atoms with Gasteiger partial charge < -0.3 is 9.38 Å². The van der Waals surface area contributed by atoms with Crippen molar-refractivity contribution in [3.63, 3.8) is 0 Å². The third-order valence-electron chi connectivity index (χ3n) is 23.8. The van der Waals surface area contributed by atoms with Crippen LogP contribution in [0.15, 0.2) is 146 Å². The highest BCUT2D eigenvalue weighted by atomic mass is 15.2. The lowest BCUT2D eigenvalue weighted by Crippen LogP contribution is -2.57. The summed E-state index contributed by atoms with van der Waals surface area (Å²) in [5.41, 5.74) is 25.7. The predicted molar refractivity (Wildman–Crippen MR) is 332 cm³/mol. The van der Waals surface area contributed by atoms with Crippen LogP contribution in [-0.4, -0.2) is 11.3 Å². The molecule has 9 aromatic rings. The molecular formula is C76H75BN2. The summed E-state index contributed by atoms with van der Waals surface area (Å²) >= 11 is 0. The van der Waals surface area contributed by atoms with Crippen LogP contribution < -0.4 is 15.8 Å². The van der Waals surface area contributed by atoms with Crippen molar-refractivity contribution in [2.75, 3.05) is 4.90 Å². The average molecular weight is 1030 g/mol. The van der Waals surface area contributed by atoms with Crippen molar-refractivity contribution in [3.05, 3.63) is 185 Å². The molecule has 20 rings (SSSR count). The molecule has 8 saturated carbocycles. The second-order valence-electron chi connectivity index (χ2n) is 30.2. The molecule has 2 nitrogen and oxygen atoms in total. The Hall–Kier alpha value is -6.32. The first-order valence-electron chi connectivity index (χ1n) is 31.1. The summed E-state index contributed by atoms with van der Waals surface area (Å²) in [5, 5.41) is 5.69. The van der Waals surface area contributed by atoms with Crippen molar-refractivity contribution >= 4 is 67.4 Å². The summed E-state index contributed by atoms with van der Waals surface area (Å²) in [6.07, 6.45) is 17.1. The standard InChI is InChI=1S/C76H75BN2/c1-72(2,3)52-21-23-66(56(32-52)50-15-9-8-10-16-50)78-68-37-64-63(73(4,5)61-19-13-14-20-62(61)74(64,6)7)36-65(68)77-69-58(31-51-17-11-12-18-55(51)71(69)78)60-35-54(76-41-47-28-48(42-76)30-49(29-47)43-76)34-59-57-33-53(22-24-67(57)79(77)70(59)60)75-38-44-25-45(39-75)27-46(26-44)40-75/h8-24,31-37,44-49H,25-30,38-43H2,1-7H3. The molecule has 1 aromatic heterocycles. The fourth-order valence-corrected chi connectivity index (χ4v) is 21.1. The van der Waals surface area contributed by atoms with Gasteiger partial charge in [0.25, 0.3) is 0 Å². The third kappa shape index (κ3) is 6.16. The fraction of sp³-hybridized carbons (Fsp3) is 0.395. The average Bonchev–Trinajstić information content (AvgIpc) is 4.06. The van der Waals surface area contributed by atoms with Crippen LogP contribution in [0.1, 0.15) is 164 Å². The number of nitrogens with zero attached hydrogens (tertiary/aromatic N) is 2. The first-order valence-corrected chi connectivity index (χ1v) is 31.1. The summed E-state index contributed by atoms with van der Waals surface area (Å²) in [5.74, 6) is 5.34. The van der Waals surface area contributed by atoms with Crippen molar-refractivity contribution in [1.82, 2.24) is 4.48 Å². The second kappa shape index (κ2) is 15.4. The zero-order chi connectivity index (χ0) is 52.9. The van der Waals surface area contributed by atoms with E-state index in [-0.39, 0.29) is 28.5 Å². The third-order valence-corrected chi connectivity index (χ3v) is 23.8. The van der Waals surface area contributed by atoms with Gasteiger partial charge in [-0.05, 0) is 244 Å². The summed E-state index contributed by atoms with van der Waals surface area (Å²) in [7, 11) is 0. The maximum Gasteiger partial charge on any atom is 0.333 e. The van der Waals surface area contributed by atoms with Gasteiger partial charge in [0.05, 0.1) is 11.4 Å². The van der Waals surface area contributed by atoms with Crippen LogP contribution in [0.25, 0.3) is 54.8 Å². The highest BCUT2D eigenvalue weighted by Gasteiger charge is 2.55. The monoisotopic (exact) mass is 1030 g/mol. The Morgan fingerprint density at radius 1 is 0.456 bits per heavy atom. The van der Waals surface area contributed by atoms with E-state index in [0.717, 1.165) is 35.5 Å². The molecule has 0 atom stereocenters. The molecule has 8 bridgehead atoms. The van der Waals surface area contributed by atoms with E-state index >= 15 is 0 Å². The van der Waals surface area contributed by atoms with Crippen LogP contribution in [-0.2, 0) is 27.1 Å². The summed E-state index contributed by atoms with van der Waals surface area (Å²) in [6.45, 7) is 17.1. The molecule has 2 aliphatic heterocycles. The van der Waals surface area contributed by atoms with Crippen molar-refractivity contribution in [2.24, 2.45) is 35.5 Å². The van der Waals surface area contributed by atoms with Gasteiger partial charge in [0.2, 0.25) is 0 Å². The van der Waals surface area contributed by atoms with Gasteiger partial charge in [-0.2, -0.15) is 0 Å². The Bertz CT molecular complexity index is 4090. The lowest BCUT2D eigenvalue weighted by molar-refractivity contribution is -0.00527. The van der Waals surface area contributed by atoms with Crippen LogP contribution in [0.2, 0.25) is 0 Å². The smallest absolute Gasteiger partial charge is 0.333 e. The van der Waals surface area contributed by atoms with Gasteiger partial charge in [-0.15, -0.1) is 0 Å². The Balaban J connectivity index is 0.987. The maximum absolute atomic E-state index is 2.94. The molecular weight excluding hydrogens is 952 g/mol. The second-order valence-corrected chi connectivity index (χ2v) is 30.2. The van der Waals surface area contributed by atoms with E-state index in [0.29, 0.717) is 5.41 Å². The van der Waals surface area contributed by atoms with Crippen molar-refractivity contribution in [3.8, 4) is 22.3 Å².